The summed E-state index contributed by atoms with van der Waals surface area (Å²) in [5.41, 5.74) is 0.746. The molecule has 2 rings (SSSR count). The SMILES string of the molecule is CN(C(CCO)c1ccccc1)S(=O)(=O)c1ccc(C#N)cc1F. The summed E-state index contributed by atoms with van der Waals surface area (Å²) in [7, 11) is -2.78. The first-order valence-electron chi connectivity index (χ1n) is 7.25. The number of aliphatic hydroxyl groups is 1. The van der Waals surface area contributed by atoms with Gasteiger partial charge in [-0.15, -0.1) is 0 Å². The van der Waals surface area contributed by atoms with Crippen molar-refractivity contribution in [1.29, 1.82) is 5.26 Å². The van der Waals surface area contributed by atoms with Gasteiger partial charge in [-0.25, -0.2) is 12.8 Å². The summed E-state index contributed by atoms with van der Waals surface area (Å²) >= 11 is 0. The lowest BCUT2D eigenvalue weighted by Crippen LogP contribution is -2.32. The third-order valence-electron chi connectivity index (χ3n) is 3.74. The molecule has 1 atom stereocenters. The van der Waals surface area contributed by atoms with E-state index in [9.17, 15) is 17.9 Å². The van der Waals surface area contributed by atoms with Gasteiger partial charge in [-0.05, 0) is 30.2 Å². The lowest BCUT2D eigenvalue weighted by molar-refractivity contribution is 0.240. The Bertz CT molecular complexity index is 848. The van der Waals surface area contributed by atoms with E-state index in [1.165, 1.54) is 13.1 Å². The molecule has 0 saturated heterocycles. The van der Waals surface area contributed by atoms with Gasteiger partial charge in [-0.2, -0.15) is 9.57 Å². The molecule has 126 valence electrons. The summed E-state index contributed by atoms with van der Waals surface area (Å²) in [5, 5.41) is 18.0. The maximum absolute atomic E-state index is 14.1. The molecular formula is C17H17FN2O3S. The third kappa shape index (κ3) is 3.62. The normalized spacial score (nSPS) is 12.8. The lowest BCUT2D eigenvalue weighted by Gasteiger charge is -2.27. The summed E-state index contributed by atoms with van der Waals surface area (Å²) < 4.78 is 40.7. The number of aliphatic hydroxyl groups excluding tert-OH is 1. The van der Waals surface area contributed by atoms with Crippen LogP contribution >= 0.6 is 0 Å². The Morgan fingerprint density at radius 1 is 1.25 bits per heavy atom. The average Bonchev–Trinajstić information content (AvgIpc) is 2.59. The van der Waals surface area contributed by atoms with Gasteiger partial charge in [0.15, 0.2) is 0 Å². The second-order valence-electron chi connectivity index (χ2n) is 5.22. The molecule has 2 aromatic rings. The van der Waals surface area contributed by atoms with E-state index in [-0.39, 0.29) is 18.6 Å². The topological polar surface area (TPSA) is 81.4 Å². The molecule has 5 nitrogen and oxygen atoms in total. The van der Waals surface area contributed by atoms with Crippen LogP contribution in [0.3, 0.4) is 0 Å². The van der Waals surface area contributed by atoms with E-state index in [2.05, 4.69) is 0 Å². The summed E-state index contributed by atoms with van der Waals surface area (Å²) in [6.07, 6.45) is 0.178. The van der Waals surface area contributed by atoms with Gasteiger partial charge in [-0.1, -0.05) is 30.3 Å². The van der Waals surface area contributed by atoms with Crippen molar-refractivity contribution in [2.75, 3.05) is 13.7 Å². The Morgan fingerprint density at radius 3 is 2.46 bits per heavy atom. The van der Waals surface area contributed by atoms with Crippen molar-refractivity contribution in [3.8, 4) is 6.07 Å². The van der Waals surface area contributed by atoms with Crippen molar-refractivity contribution >= 4 is 10.0 Å². The number of hydrogen-bond donors (Lipinski definition) is 1. The quantitative estimate of drug-likeness (QED) is 0.869. The highest BCUT2D eigenvalue weighted by Gasteiger charge is 2.31. The highest BCUT2D eigenvalue weighted by Crippen LogP contribution is 2.29. The second-order valence-corrected chi connectivity index (χ2v) is 7.18. The molecule has 0 aliphatic heterocycles. The van der Waals surface area contributed by atoms with Crippen LogP contribution in [0.4, 0.5) is 4.39 Å². The molecule has 1 unspecified atom stereocenters. The Balaban J connectivity index is 2.45. The Morgan fingerprint density at radius 2 is 1.92 bits per heavy atom. The van der Waals surface area contributed by atoms with E-state index in [0.717, 1.165) is 16.4 Å². The molecule has 0 aliphatic rings. The fraction of sp³-hybridized carbons (Fsp3) is 0.235. The van der Waals surface area contributed by atoms with Gasteiger partial charge >= 0.3 is 0 Å². The number of nitrogens with zero attached hydrogens (tertiary/aromatic N) is 2. The van der Waals surface area contributed by atoms with Crippen LogP contribution in [0.5, 0.6) is 0 Å². The minimum atomic E-state index is -4.13. The lowest BCUT2D eigenvalue weighted by atomic mass is 10.0. The second kappa shape index (κ2) is 7.53. The maximum Gasteiger partial charge on any atom is 0.246 e. The first-order valence-corrected chi connectivity index (χ1v) is 8.69. The molecule has 0 aliphatic carbocycles. The highest BCUT2D eigenvalue weighted by molar-refractivity contribution is 7.89. The summed E-state index contributed by atoms with van der Waals surface area (Å²) in [6.45, 7) is -0.213. The van der Waals surface area contributed by atoms with Gasteiger partial charge in [0.25, 0.3) is 0 Å². The van der Waals surface area contributed by atoms with Crippen molar-refractivity contribution in [3.05, 3.63) is 65.5 Å². The van der Waals surface area contributed by atoms with Crippen LogP contribution in [0.15, 0.2) is 53.4 Å². The van der Waals surface area contributed by atoms with E-state index in [1.54, 1.807) is 36.4 Å². The molecule has 0 bridgehead atoms. The van der Waals surface area contributed by atoms with Crippen LogP contribution in [0.2, 0.25) is 0 Å². The van der Waals surface area contributed by atoms with Crippen LogP contribution < -0.4 is 0 Å². The van der Waals surface area contributed by atoms with Crippen LogP contribution in [0.1, 0.15) is 23.6 Å². The van der Waals surface area contributed by atoms with Crippen molar-refractivity contribution in [2.45, 2.75) is 17.4 Å². The van der Waals surface area contributed by atoms with Crippen LogP contribution in [0.25, 0.3) is 0 Å². The fourth-order valence-corrected chi connectivity index (χ4v) is 3.88. The molecule has 0 fully saturated rings. The van der Waals surface area contributed by atoms with Gasteiger partial charge < -0.3 is 5.11 Å². The molecule has 0 aromatic heterocycles. The summed E-state index contributed by atoms with van der Waals surface area (Å²) in [4.78, 5) is -0.497. The molecule has 0 saturated carbocycles. The Hall–Kier alpha value is -2.27. The van der Waals surface area contributed by atoms with E-state index < -0.39 is 26.8 Å². The van der Waals surface area contributed by atoms with E-state index in [4.69, 9.17) is 5.26 Å². The zero-order valence-electron chi connectivity index (χ0n) is 13.1. The monoisotopic (exact) mass is 348 g/mol. The van der Waals surface area contributed by atoms with E-state index in [1.807, 2.05) is 0 Å². The Kier molecular flexibility index (Phi) is 5.67. The largest absolute Gasteiger partial charge is 0.396 e. The van der Waals surface area contributed by atoms with E-state index in [0.29, 0.717) is 5.56 Å². The van der Waals surface area contributed by atoms with Crippen molar-refractivity contribution in [1.82, 2.24) is 4.31 Å². The zero-order valence-corrected chi connectivity index (χ0v) is 13.9. The molecule has 0 amide bonds. The van der Waals surface area contributed by atoms with Crippen molar-refractivity contribution in [2.24, 2.45) is 0 Å². The number of rotatable bonds is 6. The van der Waals surface area contributed by atoms with Crippen molar-refractivity contribution in [3.63, 3.8) is 0 Å². The van der Waals surface area contributed by atoms with Gasteiger partial charge in [0.1, 0.15) is 10.7 Å². The van der Waals surface area contributed by atoms with Crippen molar-refractivity contribution < 1.29 is 17.9 Å². The first-order chi connectivity index (χ1) is 11.4. The van der Waals surface area contributed by atoms with Crippen LogP contribution in [-0.4, -0.2) is 31.5 Å². The number of benzene rings is 2. The first kappa shape index (κ1) is 18.1. The number of nitriles is 1. The van der Waals surface area contributed by atoms with Gasteiger partial charge in [0.05, 0.1) is 17.7 Å². The Labute approximate surface area is 140 Å². The summed E-state index contributed by atoms with van der Waals surface area (Å²) in [6, 6.07) is 13.2. The molecule has 2 aromatic carbocycles. The minimum Gasteiger partial charge on any atom is -0.396 e. The number of sulfonamides is 1. The molecule has 24 heavy (non-hydrogen) atoms. The molecule has 1 N–H and O–H groups in total. The molecule has 0 radical (unpaired) electrons. The maximum atomic E-state index is 14.1. The number of halogens is 1. The molecular weight excluding hydrogens is 331 g/mol. The fourth-order valence-electron chi connectivity index (χ4n) is 2.46. The van der Waals surface area contributed by atoms with Crippen LogP contribution in [0, 0.1) is 17.1 Å². The summed E-state index contributed by atoms with van der Waals surface area (Å²) in [5.74, 6) is -0.975. The standard InChI is InChI=1S/C17H17FN2O3S/c1-20(16(9-10-21)14-5-3-2-4-6-14)24(22,23)17-8-7-13(12-19)11-15(17)18/h2-8,11,16,21H,9-10H2,1H3. The predicted octanol–water partition coefficient (Wildman–Crippen LogP) is 2.44. The van der Waals surface area contributed by atoms with Gasteiger partial charge in [-0.3, -0.25) is 0 Å². The molecule has 0 heterocycles. The van der Waals surface area contributed by atoms with Crippen LogP contribution in [-0.2, 0) is 10.0 Å². The minimum absolute atomic E-state index is 0.0454. The zero-order chi connectivity index (χ0) is 17.7. The molecule has 0 spiro atoms. The predicted molar refractivity (Wildman–Crippen MR) is 86.9 cm³/mol. The van der Waals surface area contributed by atoms with Gasteiger partial charge in [0.2, 0.25) is 10.0 Å². The smallest absolute Gasteiger partial charge is 0.246 e. The van der Waals surface area contributed by atoms with Gasteiger partial charge in [0, 0.05) is 13.7 Å². The highest BCUT2D eigenvalue weighted by atomic mass is 32.2. The average molecular weight is 348 g/mol. The molecule has 7 heteroatoms. The third-order valence-corrected chi connectivity index (χ3v) is 5.64. The van der Waals surface area contributed by atoms with E-state index >= 15 is 0 Å². The number of hydrogen-bond acceptors (Lipinski definition) is 4.